The van der Waals surface area contributed by atoms with E-state index >= 15 is 0 Å². The molecule has 4 rings (SSSR count). The molecule has 3 aromatic rings. The van der Waals surface area contributed by atoms with Crippen molar-refractivity contribution in [2.75, 3.05) is 19.0 Å². The summed E-state index contributed by atoms with van der Waals surface area (Å²) in [6, 6.07) is 19.4. The van der Waals surface area contributed by atoms with Gasteiger partial charge in [-0.05, 0) is 36.1 Å². The minimum atomic E-state index is -0.846. The molecule has 8 nitrogen and oxygen atoms in total. The number of nitrogens with one attached hydrogen (secondary N) is 2. The summed E-state index contributed by atoms with van der Waals surface area (Å²) < 4.78 is 10.4. The predicted octanol–water partition coefficient (Wildman–Crippen LogP) is 4.13. The summed E-state index contributed by atoms with van der Waals surface area (Å²) in [6.45, 7) is 1.86. The lowest BCUT2D eigenvalue weighted by Gasteiger charge is -2.21. The number of fused-ring (bicyclic) bond motifs is 1. The van der Waals surface area contributed by atoms with Crippen LogP contribution in [0.1, 0.15) is 18.4 Å². The van der Waals surface area contributed by atoms with Gasteiger partial charge in [-0.2, -0.15) is 0 Å². The number of esters is 1. The van der Waals surface area contributed by atoms with Gasteiger partial charge in [0, 0.05) is 11.3 Å². The molecule has 35 heavy (non-hydrogen) atoms. The molecule has 2 unspecified atom stereocenters. The van der Waals surface area contributed by atoms with Crippen LogP contribution in [0.2, 0.25) is 0 Å². The van der Waals surface area contributed by atoms with Crippen LogP contribution >= 0.6 is 11.8 Å². The number of benzene rings is 3. The smallest absolute Gasteiger partial charge is 0.337 e. The minimum Gasteiger partial charge on any atom is -0.497 e. The summed E-state index contributed by atoms with van der Waals surface area (Å²) in [7, 11) is 1.55. The van der Waals surface area contributed by atoms with E-state index in [1.54, 1.807) is 44.4 Å². The maximum Gasteiger partial charge on any atom is 0.337 e. The molecule has 1 aliphatic rings. The average molecular weight is 492 g/mol. The molecule has 0 fully saturated rings. The third-order valence-electron chi connectivity index (χ3n) is 5.64. The molecular formula is C26H25N3O5S. The summed E-state index contributed by atoms with van der Waals surface area (Å²) >= 11 is 1.03. The number of methoxy groups -OCH3 is 1. The minimum absolute atomic E-state index is 0.167. The number of urea groups is 1. The SMILES string of the molecule is CCOC(=O)C1=C(N)SC(C(=O)NC(=O)Nc2cccc3ccccc23)C1c1ccc(OC)cc1. The second-order valence-corrected chi connectivity index (χ2v) is 8.94. The van der Waals surface area contributed by atoms with E-state index in [1.807, 2.05) is 36.4 Å². The highest BCUT2D eigenvalue weighted by atomic mass is 32.2. The first kappa shape index (κ1) is 24.2. The van der Waals surface area contributed by atoms with Crippen molar-refractivity contribution in [1.29, 1.82) is 0 Å². The van der Waals surface area contributed by atoms with Gasteiger partial charge in [0.05, 0.1) is 30.0 Å². The predicted molar refractivity (Wildman–Crippen MR) is 136 cm³/mol. The quantitative estimate of drug-likeness (QED) is 0.444. The van der Waals surface area contributed by atoms with Crippen molar-refractivity contribution in [2.45, 2.75) is 18.1 Å². The molecule has 0 saturated heterocycles. The zero-order valence-corrected chi connectivity index (χ0v) is 20.1. The van der Waals surface area contributed by atoms with Crippen LogP contribution < -0.4 is 21.1 Å². The number of thioether (sulfide) groups is 1. The number of carbonyl (C=O) groups excluding carboxylic acids is 3. The number of anilines is 1. The second-order valence-electron chi connectivity index (χ2n) is 7.76. The average Bonchev–Trinajstić information content (AvgIpc) is 3.21. The fraction of sp³-hybridized carbons (Fsp3) is 0.192. The van der Waals surface area contributed by atoms with E-state index in [0.717, 1.165) is 22.5 Å². The maximum atomic E-state index is 13.2. The molecule has 0 radical (unpaired) electrons. The molecular weight excluding hydrogens is 466 g/mol. The van der Waals surface area contributed by atoms with E-state index in [9.17, 15) is 14.4 Å². The molecule has 0 aromatic heterocycles. The Kier molecular flexibility index (Phi) is 7.26. The number of amides is 3. The molecule has 9 heteroatoms. The van der Waals surface area contributed by atoms with Crippen molar-refractivity contribution < 1.29 is 23.9 Å². The molecule has 180 valence electrons. The van der Waals surface area contributed by atoms with E-state index in [4.69, 9.17) is 15.2 Å². The van der Waals surface area contributed by atoms with Crippen LogP contribution in [-0.4, -0.2) is 36.9 Å². The van der Waals surface area contributed by atoms with Crippen LogP contribution in [0, 0.1) is 0 Å². The van der Waals surface area contributed by atoms with Crippen LogP contribution in [-0.2, 0) is 14.3 Å². The largest absolute Gasteiger partial charge is 0.497 e. The molecule has 0 bridgehead atoms. The molecule has 2 atom stereocenters. The molecule has 0 spiro atoms. The third kappa shape index (κ3) is 5.09. The normalized spacial score (nSPS) is 17.2. The first-order valence-electron chi connectivity index (χ1n) is 11.0. The molecule has 1 aliphatic heterocycles. The molecule has 0 aliphatic carbocycles. The number of hydrogen-bond acceptors (Lipinski definition) is 7. The highest BCUT2D eigenvalue weighted by Crippen LogP contribution is 2.46. The molecule has 0 saturated carbocycles. The van der Waals surface area contributed by atoms with Gasteiger partial charge in [0.25, 0.3) is 0 Å². The monoisotopic (exact) mass is 491 g/mol. The second kappa shape index (κ2) is 10.5. The lowest BCUT2D eigenvalue weighted by molar-refractivity contribution is -0.138. The fourth-order valence-electron chi connectivity index (χ4n) is 4.04. The van der Waals surface area contributed by atoms with Gasteiger partial charge in [0.1, 0.15) is 11.0 Å². The van der Waals surface area contributed by atoms with Gasteiger partial charge in [0.15, 0.2) is 0 Å². The van der Waals surface area contributed by atoms with Crippen LogP contribution in [0.4, 0.5) is 10.5 Å². The lowest BCUT2D eigenvalue weighted by Crippen LogP contribution is -2.41. The highest BCUT2D eigenvalue weighted by molar-refractivity contribution is 8.04. The van der Waals surface area contributed by atoms with Gasteiger partial charge in [-0.15, -0.1) is 0 Å². The van der Waals surface area contributed by atoms with E-state index in [2.05, 4.69) is 10.6 Å². The molecule has 4 N–H and O–H groups in total. The van der Waals surface area contributed by atoms with E-state index in [-0.39, 0.29) is 17.2 Å². The van der Waals surface area contributed by atoms with Crippen molar-refractivity contribution in [1.82, 2.24) is 5.32 Å². The summed E-state index contributed by atoms with van der Waals surface area (Å²) in [4.78, 5) is 38.7. The van der Waals surface area contributed by atoms with Crippen molar-refractivity contribution >= 4 is 46.1 Å². The summed E-state index contributed by atoms with van der Waals surface area (Å²) in [5.41, 5.74) is 7.63. The Morgan fingerprint density at radius 2 is 1.71 bits per heavy atom. The zero-order chi connectivity index (χ0) is 24.9. The van der Waals surface area contributed by atoms with E-state index < -0.39 is 29.1 Å². The van der Waals surface area contributed by atoms with Crippen LogP contribution in [0.5, 0.6) is 5.75 Å². The van der Waals surface area contributed by atoms with Crippen molar-refractivity contribution in [3.63, 3.8) is 0 Å². The number of ether oxygens (including phenoxy) is 2. The number of nitrogens with two attached hydrogens (primary N) is 1. The van der Waals surface area contributed by atoms with Crippen molar-refractivity contribution in [2.24, 2.45) is 5.73 Å². The summed E-state index contributed by atoms with van der Waals surface area (Å²) in [6.07, 6.45) is 0. The van der Waals surface area contributed by atoms with Crippen molar-refractivity contribution in [3.05, 3.63) is 82.9 Å². The van der Waals surface area contributed by atoms with E-state index in [0.29, 0.717) is 17.0 Å². The third-order valence-corrected chi connectivity index (χ3v) is 6.85. The Labute approximate surface area is 206 Å². The highest BCUT2D eigenvalue weighted by Gasteiger charge is 2.44. The van der Waals surface area contributed by atoms with Crippen LogP contribution in [0.3, 0.4) is 0 Å². The van der Waals surface area contributed by atoms with Crippen LogP contribution in [0.15, 0.2) is 77.3 Å². The number of rotatable bonds is 6. The Morgan fingerprint density at radius 3 is 2.43 bits per heavy atom. The molecule has 3 amide bonds. The lowest BCUT2D eigenvalue weighted by atomic mass is 9.88. The van der Waals surface area contributed by atoms with E-state index in [1.165, 1.54) is 0 Å². The Balaban J connectivity index is 1.57. The van der Waals surface area contributed by atoms with Gasteiger partial charge >= 0.3 is 12.0 Å². The number of hydrogen-bond donors (Lipinski definition) is 3. The Hall–Kier alpha value is -3.98. The first-order chi connectivity index (χ1) is 16.9. The summed E-state index contributed by atoms with van der Waals surface area (Å²) in [5.74, 6) is -1.23. The topological polar surface area (TPSA) is 120 Å². The van der Waals surface area contributed by atoms with Gasteiger partial charge in [-0.3, -0.25) is 10.1 Å². The fourth-order valence-corrected chi connectivity index (χ4v) is 5.24. The number of imide groups is 1. The Morgan fingerprint density at radius 1 is 1.00 bits per heavy atom. The van der Waals surface area contributed by atoms with Crippen molar-refractivity contribution in [3.8, 4) is 5.75 Å². The molecule has 1 heterocycles. The van der Waals surface area contributed by atoms with Crippen LogP contribution in [0.25, 0.3) is 10.8 Å². The van der Waals surface area contributed by atoms with Gasteiger partial charge in [-0.25, -0.2) is 9.59 Å². The standard InChI is InChI=1S/C26H25N3O5S/c1-3-34-25(31)21-20(16-11-13-17(33-2)14-12-16)22(35-23(21)27)24(30)29-26(32)28-19-10-6-8-15-7-4-5-9-18(15)19/h4-14,20,22H,3,27H2,1-2H3,(H2,28,29,30,32). The first-order valence-corrected chi connectivity index (χ1v) is 11.9. The zero-order valence-electron chi connectivity index (χ0n) is 19.2. The number of carbonyl (C=O) groups is 3. The maximum absolute atomic E-state index is 13.2. The summed E-state index contributed by atoms with van der Waals surface area (Å²) in [5, 5.41) is 6.29. The van der Waals surface area contributed by atoms with Gasteiger partial charge in [0.2, 0.25) is 5.91 Å². The Bertz CT molecular complexity index is 1300. The van der Waals surface area contributed by atoms with Gasteiger partial charge < -0.3 is 20.5 Å². The van der Waals surface area contributed by atoms with Gasteiger partial charge in [-0.1, -0.05) is 60.3 Å². The molecule has 3 aromatic carbocycles.